The Morgan fingerprint density at radius 1 is 1.12 bits per heavy atom. The first-order valence-corrected chi connectivity index (χ1v) is 8.25. The van der Waals surface area contributed by atoms with Crippen LogP contribution in [0.15, 0.2) is 65.3 Å². The van der Waals surface area contributed by atoms with E-state index < -0.39 is 0 Å². The van der Waals surface area contributed by atoms with E-state index >= 15 is 0 Å². The van der Waals surface area contributed by atoms with Crippen molar-refractivity contribution < 1.29 is 9.53 Å². The highest BCUT2D eigenvalue weighted by atomic mass is 79.9. The van der Waals surface area contributed by atoms with Gasteiger partial charge in [-0.25, -0.2) is 9.97 Å². The third-order valence-electron chi connectivity index (χ3n) is 3.34. The summed E-state index contributed by atoms with van der Waals surface area (Å²) in [5.74, 6) is 0.726. The Labute approximate surface area is 153 Å². The van der Waals surface area contributed by atoms with Gasteiger partial charge in [0.15, 0.2) is 0 Å². The lowest BCUT2D eigenvalue weighted by Crippen LogP contribution is -2.15. The van der Waals surface area contributed by atoms with Crippen molar-refractivity contribution in [3.63, 3.8) is 0 Å². The van der Waals surface area contributed by atoms with Gasteiger partial charge in [-0.15, -0.1) is 0 Å². The molecule has 0 bridgehead atoms. The Morgan fingerprint density at radius 2 is 1.96 bits per heavy atom. The van der Waals surface area contributed by atoms with E-state index in [0.29, 0.717) is 17.4 Å². The standard InChI is InChI=1S/C18H15BrN4O2/c1-25-13-6-4-5-12(11-13)21-18-20-10-9-16(23-18)17(24)22-15-8-3-2-7-14(15)19/h2-11H,1H3,(H,22,24)(H,20,21,23). The summed E-state index contributed by atoms with van der Waals surface area (Å²) >= 11 is 3.40. The maximum absolute atomic E-state index is 12.4. The zero-order valence-electron chi connectivity index (χ0n) is 13.4. The second-order valence-corrected chi connectivity index (χ2v) is 5.91. The van der Waals surface area contributed by atoms with E-state index in [9.17, 15) is 4.79 Å². The predicted molar refractivity (Wildman–Crippen MR) is 100 cm³/mol. The molecule has 0 fully saturated rings. The van der Waals surface area contributed by atoms with Crippen molar-refractivity contribution in [2.45, 2.75) is 0 Å². The minimum Gasteiger partial charge on any atom is -0.497 e. The van der Waals surface area contributed by atoms with E-state index in [2.05, 4.69) is 36.5 Å². The van der Waals surface area contributed by atoms with Crippen LogP contribution in [0.1, 0.15) is 10.5 Å². The van der Waals surface area contributed by atoms with Crippen LogP contribution in [0.25, 0.3) is 0 Å². The number of carbonyl (C=O) groups excluding carboxylic acids is 1. The Bertz CT molecular complexity index is 902. The first-order chi connectivity index (χ1) is 12.2. The molecule has 1 heterocycles. The molecule has 0 aliphatic heterocycles. The van der Waals surface area contributed by atoms with Gasteiger partial charge >= 0.3 is 0 Å². The molecule has 0 saturated carbocycles. The molecule has 0 radical (unpaired) electrons. The van der Waals surface area contributed by atoms with Crippen LogP contribution in [-0.4, -0.2) is 23.0 Å². The average Bonchev–Trinajstić information content (AvgIpc) is 2.64. The molecule has 3 aromatic rings. The molecule has 0 unspecified atom stereocenters. The summed E-state index contributed by atoms with van der Waals surface area (Å²) in [4.78, 5) is 20.8. The number of para-hydroxylation sites is 1. The minimum atomic E-state index is -0.317. The van der Waals surface area contributed by atoms with Crippen LogP contribution in [0, 0.1) is 0 Å². The number of methoxy groups -OCH3 is 1. The molecule has 3 rings (SSSR count). The number of aromatic nitrogens is 2. The summed E-state index contributed by atoms with van der Waals surface area (Å²) in [5.41, 5.74) is 1.70. The fourth-order valence-corrected chi connectivity index (χ4v) is 2.51. The van der Waals surface area contributed by atoms with Gasteiger partial charge < -0.3 is 15.4 Å². The molecule has 0 atom stereocenters. The number of carbonyl (C=O) groups is 1. The Kier molecular flexibility index (Phi) is 5.25. The lowest BCUT2D eigenvalue weighted by Gasteiger charge is -2.09. The van der Waals surface area contributed by atoms with Gasteiger partial charge in [0, 0.05) is 22.4 Å². The highest BCUT2D eigenvalue weighted by molar-refractivity contribution is 9.10. The molecule has 6 nitrogen and oxygen atoms in total. The summed E-state index contributed by atoms with van der Waals surface area (Å²) in [6.45, 7) is 0. The number of hydrogen-bond donors (Lipinski definition) is 2. The molecule has 7 heteroatoms. The zero-order valence-corrected chi connectivity index (χ0v) is 14.9. The first-order valence-electron chi connectivity index (χ1n) is 7.46. The van der Waals surface area contributed by atoms with Crippen LogP contribution >= 0.6 is 15.9 Å². The van der Waals surface area contributed by atoms with Gasteiger partial charge in [0.2, 0.25) is 5.95 Å². The number of benzene rings is 2. The van der Waals surface area contributed by atoms with E-state index in [1.807, 2.05) is 42.5 Å². The van der Waals surface area contributed by atoms with Crippen molar-refractivity contribution in [1.82, 2.24) is 9.97 Å². The van der Waals surface area contributed by atoms with Gasteiger partial charge in [0.25, 0.3) is 5.91 Å². The van der Waals surface area contributed by atoms with Crippen LogP contribution in [0.4, 0.5) is 17.3 Å². The maximum atomic E-state index is 12.4. The fraction of sp³-hybridized carbons (Fsp3) is 0.0556. The second kappa shape index (κ2) is 7.76. The smallest absolute Gasteiger partial charge is 0.274 e. The number of anilines is 3. The van der Waals surface area contributed by atoms with Gasteiger partial charge in [-0.2, -0.15) is 0 Å². The zero-order chi connectivity index (χ0) is 17.6. The molecule has 2 aromatic carbocycles. The summed E-state index contributed by atoms with van der Waals surface area (Å²) < 4.78 is 5.98. The molecule has 0 aliphatic carbocycles. The largest absolute Gasteiger partial charge is 0.497 e. The third kappa shape index (κ3) is 4.33. The second-order valence-electron chi connectivity index (χ2n) is 5.06. The Hall–Kier alpha value is -2.93. The highest BCUT2D eigenvalue weighted by Gasteiger charge is 2.11. The summed E-state index contributed by atoms with van der Waals surface area (Å²) in [6.07, 6.45) is 1.53. The van der Waals surface area contributed by atoms with E-state index in [1.165, 1.54) is 6.20 Å². The number of amides is 1. The summed E-state index contributed by atoms with van der Waals surface area (Å²) in [7, 11) is 1.60. The molecule has 1 amide bonds. The minimum absolute atomic E-state index is 0.260. The van der Waals surface area contributed by atoms with Gasteiger partial charge in [0.1, 0.15) is 11.4 Å². The highest BCUT2D eigenvalue weighted by Crippen LogP contribution is 2.22. The number of nitrogens with one attached hydrogen (secondary N) is 2. The van der Waals surface area contributed by atoms with Crippen molar-refractivity contribution in [3.05, 3.63) is 71.0 Å². The molecule has 25 heavy (non-hydrogen) atoms. The van der Waals surface area contributed by atoms with Crippen LogP contribution in [0.5, 0.6) is 5.75 Å². The van der Waals surface area contributed by atoms with Crippen molar-refractivity contribution in [3.8, 4) is 5.75 Å². The van der Waals surface area contributed by atoms with E-state index in [0.717, 1.165) is 10.2 Å². The number of rotatable bonds is 5. The molecular formula is C18H15BrN4O2. The van der Waals surface area contributed by atoms with Crippen LogP contribution < -0.4 is 15.4 Å². The lowest BCUT2D eigenvalue weighted by atomic mass is 10.3. The monoisotopic (exact) mass is 398 g/mol. The number of nitrogens with zero attached hydrogens (tertiary/aromatic N) is 2. The number of ether oxygens (including phenoxy) is 1. The average molecular weight is 399 g/mol. The Morgan fingerprint density at radius 3 is 2.76 bits per heavy atom. The summed E-state index contributed by atoms with van der Waals surface area (Å²) in [6, 6.07) is 16.3. The number of hydrogen-bond acceptors (Lipinski definition) is 5. The van der Waals surface area contributed by atoms with Crippen molar-refractivity contribution in [2.24, 2.45) is 0 Å². The predicted octanol–water partition coefficient (Wildman–Crippen LogP) is 4.24. The summed E-state index contributed by atoms with van der Waals surface area (Å²) in [5, 5.41) is 5.87. The molecule has 0 spiro atoms. The van der Waals surface area contributed by atoms with Crippen molar-refractivity contribution in [2.75, 3.05) is 17.7 Å². The SMILES string of the molecule is COc1cccc(Nc2nccc(C(=O)Nc3ccccc3Br)n2)c1. The first kappa shape index (κ1) is 16.9. The molecular weight excluding hydrogens is 384 g/mol. The third-order valence-corrected chi connectivity index (χ3v) is 4.03. The molecule has 0 saturated heterocycles. The topological polar surface area (TPSA) is 76.1 Å². The van der Waals surface area contributed by atoms with Crippen LogP contribution in [0.3, 0.4) is 0 Å². The normalized spacial score (nSPS) is 10.2. The lowest BCUT2D eigenvalue weighted by molar-refractivity contribution is 0.102. The fourth-order valence-electron chi connectivity index (χ4n) is 2.12. The van der Waals surface area contributed by atoms with Gasteiger partial charge in [-0.1, -0.05) is 18.2 Å². The quantitative estimate of drug-likeness (QED) is 0.671. The molecule has 1 aromatic heterocycles. The van der Waals surface area contributed by atoms with Crippen molar-refractivity contribution >= 4 is 39.2 Å². The van der Waals surface area contributed by atoms with E-state index in [1.54, 1.807) is 19.2 Å². The van der Waals surface area contributed by atoms with Gasteiger partial charge in [0.05, 0.1) is 12.8 Å². The van der Waals surface area contributed by atoms with E-state index in [-0.39, 0.29) is 11.6 Å². The maximum Gasteiger partial charge on any atom is 0.274 e. The van der Waals surface area contributed by atoms with Crippen molar-refractivity contribution in [1.29, 1.82) is 0 Å². The van der Waals surface area contributed by atoms with Crippen LogP contribution in [0.2, 0.25) is 0 Å². The van der Waals surface area contributed by atoms with E-state index in [4.69, 9.17) is 4.74 Å². The van der Waals surface area contributed by atoms with Gasteiger partial charge in [-0.3, -0.25) is 4.79 Å². The van der Waals surface area contributed by atoms with Crippen LogP contribution in [-0.2, 0) is 0 Å². The number of halogens is 1. The van der Waals surface area contributed by atoms with Gasteiger partial charge in [-0.05, 0) is 46.3 Å². The Balaban J connectivity index is 1.76. The molecule has 2 N–H and O–H groups in total. The molecule has 126 valence electrons. The molecule has 0 aliphatic rings.